The zero-order valence-electron chi connectivity index (χ0n) is 15.2. The highest BCUT2D eigenvalue weighted by atomic mass is 16.8. The van der Waals surface area contributed by atoms with Gasteiger partial charge in [0.2, 0.25) is 0 Å². The number of hydrogen-bond donors (Lipinski definition) is 2. The second-order valence-electron chi connectivity index (χ2n) is 6.85. The van der Waals surface area contributed by atoms with E-state index in [9.17, 15) is 9.90 Å². The number of carboxylic acids is 1. The fourth-order valence-electron chi connectivity index (χ4n) is 3.17. The van der Waals surface area contributed by atoms with Crippen molar-refractivity contribution in [1.82, 2.24) is 5.48 Å². The largest absolute Gasteiger partial charge is 0.481 e. The van der Waals surface area contributed by atoms with Crippen molar-refractivity contribution < 1.29 is 19.5 Å². The first kappa shape index (κ1) is 19.9. The number of carbonyl (C=O) groups is 1. The van der Waals surface area contributed by atoms with Crippen LogP contribution in [0.3, 0.4) is 0 Å². The van der Waals surface area contributed by atoms with Crippen LogP contribution in [-0.2, 0) is 20.8 Å². The van der Waals surface area contributed by atoms with Gasteiger partial charge in [-0.25, -0.2) is 0 Å². The Morgan fingerprint density at radius 1 is 1.28 bits per heavy atom. The van der Waals surface area contributed by atoms with Crippen LogP contribution in [0.5, 0.6) is 0 Å². The SMILES string of the molecule is C[C@H](NOC1CCCCO1)[C@@H](CCCCCc1ccccc1)C(=O)O. The number of hydroxylamine groups is 1. The zero-order chi connectivity index (χ0) is 17.9. The van der Waals surface area contributed by atoms with E-state index in [0.717, 1.165) is 44.9 Å². The third kappa shape index (κ3) is 7.55. The van der Waals surface area contributed by atoms with Gasteiger partial charge in [0.15, 0.2) is 6.29 Å². The van der Waals surface area contributed by atoms with Crippen molar-refractivity contribution in [3.05, 3.63) is 35.9 Å². The lowest BCUT2D eigenvalue weighted by molar-refractivity contribution is -0.206. The quantitative estimate of drug-likeness (QED) is 0.468. The first-order valence-electron chi connectivity index (χ1n) is 9.46. The van der Waals surface area contributed by atoms with E-state index in [-0.39, 0.29) is 12.3 Å². The molecular weight excluding hydrogens is 318 g/mol. The van der Waals surface area contributed by atoms with E-state index in [1.54, 1.807) is 0 Å². The predicted molar refractivity (Wildman–Crippen MR) is 97.0 cm³/mol. The number of aryl methyl sites for hydroxylation is 1. The fraction of sp³-hybridized carbons (Fsp3) is 0.650. The lowest BCUT2D eigenvalue weighted by atomic mass is 9.94. The van der Waals surface area contributed by atoms with E-state index in [2.05, 4.69) is 29.7 Å². The van der Waals surface area contributed by atoms with Crippen LogP contribution >= 0.6 is 0 Å². The monoisotopic (exact) mass is 349 g/mol. The fourth-order valence-corrected chi connectivity index (χ4v) is 3.17. The highest BCUT2D eigenvalue weighted by Crippen LogP contribution is 2.18. The molecule has 1 heterocycles. The lowest BCUT2D eigenvalue weighted by Crippen LogP contribution is -2.41. The molecule has 0 bridgehead atoms. The third-order valence-electron chi connectivity index (χ3n) is 4.77. The van der Waals surface area contributed by atoms with Gasteiger partial charge in [0.1, 0.15) is 0 Å². The summed E-state index contributed by atoms with van der Waals surface area (Å²) in [5.74, 6) is -1.21. The van der Waals surface area contributed by atoms with Gasteiger partial charge in [0.05, 0.1) is 5.92 Å². The number of unbranched alkanes of at least 4 members (excludes halogenated alkanes) is 2. The normalized spacial score (nSPS) is 20.1. The molecule has 0 radical (unpaired) electrons. The number of aliphatic carboxylic acids is 1. The Labute approximate surface area is 150 Å². The van der Waals surface area contributed by atoms with Gasteiger partial charge in [-0.15, -0.1) is 0 Å². The number of rotatable bonds is 11. The molecule has 1 aromatic rings. The molecule has 0 aromatic heterocycles. The molecule has 25 heavy (non-hydrogen) atoms. The zero-order valence-corrected chi connectivity index (χ0v) is 15.2. The Morgan fingerprint density at radius 3 is 2.76 bits per heavy atom. The van der Waals surface area contributed by atoms with Gasteiger partial charge in [0, 0.05) is 19.1 Å². The summed E-state index contributed by atoms with van der Waals surface area (Å²) in [6.45, 7) is 2.58. The van der Waals surface area contributed by atoms with E-state index in [1.165, 1.54) is 5.56 Å². The predicted octanol–water partition coefficient (Wildman–Crippen LogP) is 3.93. The number of benzene rings is 1. The molecule has 5 heteroatoms. The molecule has 1 fully saturated rings. The van der Waals surface area contributed by atoms with E-state index in [0.29, 0.717) is 13.0 Å². The number of nitrogens with one attached hydrogen (secondary N) is 1. The summed E-state index contributed by atoms with van der Waals surface area (Å²) in [6, 6.07) is 10.2. The van der Waals surface area contributed by atoms with Gasteiger partial charge in [-0.1, -0.05) is 43.2 Å². The van der Waals surface area contributed by atoms with Crippen molar-refractivity contribution in [1.29, 1.82) is 0 Å². The molecule has 1 aromatic carbocycles. The molecule has 2 rings (SSSR count). The van der Waals surface area contributed by atoms with Gasteiger partial charge in [-0.3, -0.25) is 9.63 Å². The first-order chi connectivity index (χ1) is 12.2. The van der Waals surface area contributed by atoms with Crippen molar-refractivity contribution >= 4 is 5.97 Å². The van der Waals surface area contributed by atoms with E-state index < -0.39 is 11.9 Å². The topological polar surface area (TPSA) is 67.8 Å². The molecule has 1 saturated heterocycles. The summed E-state index contributed by atoms with van der Waals surface area (Å²) >= 11 is 0. The molecule has 140 valence electrons. The van der Waals surface area contributed by atoms with Crippen LogP contribution in [0.15, 0.2) is 30.3 Å². The second-order valence-corrected chi connectivity index (χ2v) is 6.85. The van der Waals surface area contributed by atoms with Gasteiger partial charge < -0.3 is 9.84 Å². The van der Waals surface area contributed by atoms with Crippen LogP contribution in [0.2, 0.25) is 0 Å². The van der Waals surface area contributed by atoms with Crippen molar-refractivity contribution in [2.75, 3.05) is 6.61 Å². The minimum Gasteiger partial charge on any atom is -0.481 e. The molecule has 1 aliphatic heterocycles. The summed E-state index contributed by atoms with van der Waals surface area (Å²) in [5.41, 5.74) is 4.24. The van der Waals surface area contributed by atoms with Crippen LogP contribution in [-0.4, -0.2) is 30.0 Å². The molecule has 0 spiro atoms. The molecule has 0 aliphatic carbocycles. The van der Waals surface area contributed by atoms with Crippen LogP contribution in [0.25, 0.3) is 0 Å². The molecular formula is C20H31NO4. The molecule has 1 unspecified atom stereocenters. The standard InChI is InChI=1S/C20H31NO4/c1-16(21-25-19-14-8-9-15-24-19)18(20(22)23)13-7-3-6-12-17-10-4-2-5-11-17/h2,4-5,10-11,16,18-19,21H,3,6-9,12-15H2,1H3,(H,22,23)/t16-,18+,19?/m0/s1. The van der Waals surface area contributed by atoms with Crippen molar-refractivity contribution in [2.45, 2.75) is 70.6 Å². The molecule has 1 aliphatic rings. The van der Waals surface area contributed by atoms with Crippen LogP contribution in [0.1, 0.15) is 57.4 Å². The molecule has 0 saturated carbocycles. The summed E-state index contributed by atoms with van der Waals surface area (Å²) in [7, 11) is 0. The number of carboxylic acid groups (broad SMARTS) is 1. The Balaban J connectivity index is 1.64. The van der Waals surface area contributed by atoms with Crippen LogP contribution in [0.4, 0.5) is 0 Å². The average Bonchev–Trinajstić information content (AvgIpc) is 2.64. The van der Waals surface area contributed by atoms with Gasteiger partial charge in [-0.2, -0.15) is 5.48 Å². The molecule has 0 amide bonds. The average molecular weight is 349 g/mol. The third-order valence-corrected chi connectivity index (χ3v) is 4.77. The molecule has 5 nitrogen and oxygen atoms in total. The van der Waals surface area contributed by atoms with Crippen molar-refractivity contribution in [2.24, 2.45) is 5.92 Å². The number of ether oxygens (including phenoxy) is 1. The summed E-state index contributed by atoms with van der Waals surface area (Å²) < 4.78 is 5.49. The van der Waals surface area contributed by atoms with E-state index in [4.69, 9.17) is 9.57 Å². The van der Waals surface area contributed by atoms with E-state index in [1.807, 2.05) is 13.0 Å². The molecule has 3 atom stereocenters. The molecule has 2 N–H and O–H groups in total. The highest BCUT2D eigenvalue weighted by Gasteiger charge is 2.25. The summed E-state index contributed by atoms with van der Waals surface area (Å²) in [4.78, 5) is 17.1. The number of hydrogen-bond acceptors (Lipinski definition) is 4. The minimum atomic E-state index is -0.767. The lowest BCUT2D eigenvalue weighted by Gasteiger charge is -2.26. The van der Waals surface area contributed by atoms with E-state index >= 15 is 0 Å². The Hall–Kier alpha value is -1.43. The minimum absolute atomic E-state index is 0.239. The Kier molecular flexibility index (Phi) is 8.94. The van der Waals surface area contributed by atoms with Crippen molar-refractivity contribution in [3.63, 3.8) is 0 Å². The van der Waals surface area contributed by atoms with Gasteiger partial charge in [-0.05, 0) is 44.6 Å². The van der Waals surface area contributed by atoms with Crippen LogP contribution < -0.4 is 5.48 Å². The van der Waals surface area contributed by atoms with Gasteiger partial charge in [0.25, 0.3) is 0 Å². The first-order valence-corrected chi connectivity index (χ1v) is 9.46. The second kappa shape index (κ2) is 11.2. The van der Waals surface area contributed by atoms with Crippen molar-refractivity contribution in [3.8, 4) is 0 Å². The Bertz CT molecular complexity index is 488. The Morgan fingerprint density at radius 2 is 2.08 bits per heavy atom. The maximum absolute atomic E-state index is 11.6. The maximum Gasteiger partial charge on any atom is 0.308 e. The summed E-state index contributed by atoms with van der Waals surface area (Å²) in [5, 5.41) is 9.49. The van der Waals surface area contributed by atoms with Gasteiger partial charge >= 0.3 is 5.97 Å². The highest BCUT2D eigenvalue weighted by molar-refractivity contribution is 5.70. The van der Waals surface area contributed by atoms with Crippen LogP contribution in [0, 0.1) is 5.92 Å². The smallest absolute Gasteiger partial charge is 0.308 e. The maximum atomic E-state index is 11.6. The summed E-state index contributed by atoms with van der Waals surface area (Å²) in [6.07, 6.45) is 7.51.